The number of aryl methyl sites for hydroxylation is 1. The van der Waals surface area contributed by atoms with Crippen LogP contribution in [0.2, 0.25) is 0 Å². The fraction of sp³-hybridized carbons (Fsp3) is 0.438. The minimum atomic E-state index is -0.0363. The first-order valence-electron chi connectivity index (χ1n) is 7.05. The Bertz CT molecular complexity index is 520. The third kappa shape index (κ3) is 1.84. The molecule has 1 aromatic rings. The van der Waals surface area contributed by atoms with Crippen LogP contribution < -0.4 is 5.73 Å². The molecule has 100 valence electrons. The van der Waals surface area contributed by atoms with Crippen molar-refractivity contribution in [1.82, 2.24) is 4.90 Å². The molecular weight excluding hydrogens is 234 g/mol. The summed E-state index contributed by atoms with van der Waals surface area (Å²) in [6.45, 7) is 5.41. The van der Waals surface area contributed by atoms with E-state index in [1.807, 2.05) is 6.08 Å². The van der Waals surface area contributed by atoms with Gasteiger partial charge < -0.3 is 10.6 Å². The number of nitrogens with two attached hydrogens (primary N) is 1. The lowest BCUT2D eigenvalue weighted by molar-refractivity contribution is 0.201. The van der Waals surface area contributed by atoms with Crippen molar-refractivity contribution in [2.75, 3.05) is 13.1 Å². The lowest BCUT2D eigenvalue weighted by atomic mass is 9.83. The zero-order valence-electron chi connectivity index (χ0n) is 11.3. The molecule has 0 amide bonds. The van der Waals surface area contributed by atoms with Crippen molar-refractivity contribution in [2.45, 2.75) is 31.2 Å². The summed E-state index contributed by atoms with van der Waals surface area (Å²) in [6, 6.07) is 8.77. The Labute approximate surface area is 114 Å². The van der Waals surface area contributed by atoms with E-state index in [2.05, 4.69) is 40.7 Å². The number of aliphatic imine (C=N–C) groups is 1. The van der Waals surface area contributed by atoms with Crippen molar-refractivity contribution in [1.29, 1.82) is 0 Å². The van der Waals surface area contributed by atoms with Gasteiger partial charge in [0.05, 0.1) is 12.1 Å². The normalized spacial score (nSPS) is 25.9. The second kappa shape index (κ2) is 4.72. The Hall–Kier alpha value is -1.77. The Morgan fingerprint density at radius 2 is 2.21 bits per heavy atom. The average Bonchev–Trinajstić information content (AvgIpc) is 2.64. The number of rotatable bonds is 2. The van der Waals surface area contributed by atoms with Crippen LogP contribution in [-0.4, -0.2) is 23.9 Å². The van der Waals surface area contributed by atoms with Gasteiger partial charge in [0, 0.05) is 6.54 Å². The highest BCUT2D eigenvalue weighted by Crippen LogP contribution is 2.41. The summed E-state index contributed by atoms with van der Waals surface area (Å²) in [5.41, 5.74) is 8.94. The minimum absolute atomic E-state index is 0.0363. The number of benzene rings is 1. The van der Waals surface area contributed by atoms with E-state index >= 15 is 0 Å². The number of guanidine groups is 1. The highest BCUT2D eigenvalue weighted by Gasteiger charge is 2.44. The molecule has 19 heavy (non-hydrogen) atoms. The Balaban J connectivity index is 2.10. The number of hydrogen-bond acceptors (Lipinski definition) is 3. The van der Waals surface area contributed by atoms with Crippen LogP contribution >= 0.6 is 0 Å². The molecule has 1 heterocycles. The van der Waals surface area contributed by atoms with Crippen LogP contribution in [0.15, 0.2) is 41.9 Å². The van der Waals surface area contributed by atoms with Crippen LogP contribution in [0.4, 0.5) is 0 Å². The van der Waals surface area contributed by atoms with E-state index in [4.69, 9.17) is 5.73 Å². The van der Waals surface area contributed by atoms with E-state index in [0.717, 1.165) is 19.5 Å². The van der Waals surface area contributed by atoms with Gasteiger partial charge >= 0.3 is 0 Å². The van der Waals surface area contributed by atoms with Crippen molar-refractivity contribution >= 4 is 5.96 Å². The van der Waals surface area contributed by atoms with Gasteiger partial charge in [0.2, 0.25) is 0 Å². The van der Waals surface area contributed by atoms with E-state index in [-0.39, 0.29) is 5.54 Å². The molecule has 0 radical (unpaired) electrons. The maximum Gasteiger partial charge on any atom is 0.192 e. The van der Waals surface area contributed by atoms with Crippen molar-refractivity contribution in [3.8, 4) is 0 Å². The summed E-state index contributed by atoms with van der Waals surface area (Å²) in [7, 11) is 0. The number of hydrogen-bond donors (Lipinski definition) is 1. The molecule has 1 aliphatic carbocycles. The molecule has 1 spiro atoms. The SMILES string of the molecule is C=CCN1C(N)=NCC12CCCCc1ccccc12. The van der Waals surface area contributed by atoms with Gasteiger partial charge in [-0.1, -0.05) is 36.8 Å². The summed E-state index contributed by atoms with van der Waals surface area (Å²) in [4.78, 5) is 6.77. The van der Waals surface area contributed by atoms with Crippen molar-refractivity contribution in [3.63, 3.8) is 0 Å². The zero-order valence-corrected chi connectivity index (χ0v) is 11.3. The van der Waals surface area contributed by atoms with Crippen molar-refractivity contribution in [2.24, 2.45) is 10.7 Å². The third-order valence-electron chi connectivity index (χ3n) is 4.41. The topological polar surface area (TPSA) is 41.6 Å². The summed E-state index contributed by atoms with van der Waals surface area (Å²) in [6.07, 6.45) is 6.69. The van der Waals surface area contributed by atoms with Gasteiger partial charge in [-0.25, -0.2) is 0 Å². The van der Waals surface area contributed by atoms with Crippen LogP contribution in [0.1, 0.15) is 30.4 Å². The number of fused-ring (bicyclic) bond motifs is 2. The van der Waals surface area contributed by atoms with Gasteiger partial charge in [0.15, 0.2) is 5.96 Å². The van der Waals surface area contributed by atoms with Crippen LogP contribution in [0, 0.1) is 0 Å². The van der Waals surface area contributed by atoms with Crippen LogP contribution in [0.5, 0.6) is 0 Å². The molecule has 3 rings (SSSR count). The highest BCUT2D eigenvalue weighted by atomic mass is 15.4. The van der Waals surface area contributed by atoms with Gasteiger partial charge in [-0.2, -0.15) is 0 Å². The fourth-order valence-electron chi connectivity index (χ4n) is 3.50. The largest absolute Gasteiger partial charge is 0.370 e. The van der Waals surface area contributed by atoms with Crippen LogP contribution in [-0.2, 0) is 12.0 Å². The Kier molecular flexibility index (Phi) is 3.05. The lowest BCUT2D eigenvalue weighted by Gasteiger charge is -2.39. The molecule has 3 nitrogen and oxygen atoms in total. The first-order valence-corrected chi connectivity index (χ1v) is 7.05. The standard InChI is InChI=1S/C16H21N3/c1-2-11-19-15(17)18-12-16(19)10-6-5-8-13-7-3-4-9-14(13)16/h2-4,7,9H,1,5-6,8,10-12H2,(H2,17,18). The molecule has 1 unspecified atom stereocenters. The molecule has 3 heteroatoms. The van der Waals surface area contributed by atoms with E-state index in [1.54, 1.807) is 0 Å². The highest BCUT2D eigenvalue weighted by molar-refractivity contribution is 5.81. The lowest BCUT2D eigenvalue weighted by Crippen LogP contribution is -2.49. The van der Waals surface area contributed by atoms with Crippen LogP contribution in [0.25, 0.3) is 0 Å². The van der Waals surface area contributed by atoms with Crippen LogP contribution in [0.3, 0.4) is 0 Å². The fourth-order valence-corrected chi connectivity index (χ4v) is 3.50. The summed E-state index contributed by atoms with van der Waals surface area (Å²) in [5, 5.41) is 0. The molecule has 1 aromatic carbocycles. The van der Waals surface area contributed by atoms with E-state index < -0.39 is 0 Å². The van der Waals surface area contributed by atoms with Crippen molar-refractivity contribution < 1.29 is 0 Å². The molecule has 2 aliphatic rings. The van der Waals surface area contributed by atoms with E-state index in [0.29, 0.717) is 5.96 Å². The van der Waals surface area contributed by atoms with Gasteiger partial charge in [-0.05, 0) is 30.4 Å². The summed E-state index contributed by atoms with van der Waals surface area (Å²) >= 11 is 0. The smallest absolute Gasteiger partial charge is 0.192 e. The van der Waals surface area contributed by atoms with Gasteiger partial charge in [0.1, 0.15) is 0 Å². The molecule has 0 saturated heterocycles. The molecule has 0 bridgehead atoms. The number of nitrogens with zero attached hydrogens (tertiary/aromatic N) is 2. The van der Waals surface area contributed by atoms with Crippen molar-refractivity contribution in [3.05, 3.63) is 48.0 Å². The van der Waals surface area contributed by atoms with Gasteiger partial charge in [0.25, 0.3) is 0 Å². The quantitative estimate of drug-likeness (QED) is 0.825. The molecule has 0 saturated carbocycles. The first kappa shape index (κ1) is 12.3. The molecular formula is C16H21N3. The second-order valence-corrected chi connectivity index (χ2v) is 5.47. The van der Waals surface area contributed by atoms with Gasteiger partial charge in [-0.15, -0.1) is 6.58 Å². The minimum Gasteiger partial charge on any atom is -0.370 e. The third-order valence-corrected chi connectivity index (χ3v) is 4.41. The molecule has 0 aromatic heterocycles. The van der Waals surface area contributed by atoms with Gasteiger partial charge in [-0.3, -0.25) is 4.99 Å². The Morgan fingerprint density at radius 3 is 3.05 bits per heavy atom. The zero-order chi connectivity index (χ0) is 13.3. The summed E-state index contributed by atoms with van der Waals surface area (Å²) < 4.78 is 0. The maximum absolute atomic E-state index is 6.11. The molecule has 2 N–H and O–H groups in total. The summed E-state index contributed by atoms with van der Waals surface area (Å²) in [5.74, 6) is 0.664. The molecule has 1 atom stereocenters. The first-order chi connectivity index (χ1) is 9.28. The Morgan fingerprint density at radius 1 is 1.37 bits per heavy atom. The predicted molar refractivity (Wildman–Crippen MR) is 79.1 cm³/mol. The van der Waals surface area contributed by atoms with E-state index in [9.17, 15) is 0 Å². The van der Waals surface area contributed by atoms with E-state index in [1.165, 1.54) is 30.4 Å². The predicted octanol–water partition coefficient (Wildman–Crippen LogP) is 2.42. The average molecular weight is 255 g/mol. The molecule has 0 fully saturated rings. The maximum atomic E-state index is 6.11. The monoisotopic (exact) mass is 255 g/mol. The second-order valence-electron chi connectivity index (χ2n) is 5.47. The molecule has 1 aliphatic heterocycles.